The predicted molar refractivity (Wildman–Crippen MR) is 99.3 cm³/mol. The van der Waals surface area contributed by atoms with E-state index in [0.29, 0.717) is 29.8 Å². The lowest BCUT2D eigenvalue weighted by atomic mass is 9.97. The van der Waals surface area contributed by atoms with Crippen molar-refractivity contribution in [1.82, 2.24) is 15.0 Å². The van der Waals surface area contributed by atoms with Gasteiger partial charge in [-0.15, -0.1) is 0 Å². The van der Waals surface area contributed by atoms with Gasteiger partial charge in [-0.05, 0) is 49.2 Å². The molecule has 26 heavy (non-hydrogen) atoms. The fraction of sp³-hybridized carbons (Fsp3) is 0.250. The van der Waals surface area contributed by atoms with Crippen molar-refractivity contribution >= 4 is 17.5 Å². The molecule has 0 N–H and O–H groups in total. The number of nitrogens with zero attached hydrogens (tertiary/aromatic N) is 3. The molecule has 2 heterocycles. The maximum atomic E-state index is 12.6. The lowest BCUT2D eigenvalue weighted by molar-refractivity contribution is 0.0569. The monoisotopic (exact) mass is 367 g/mol. The Morgan fingerprint density at radius 1 is 1.15 bits per heavy atom. The summed E-state index contributed by atoms with van der Waals surface area (Å²) in [6, 6.07) is 13.1. The topological polar surface area (TPSA) is 59.2 Å². The number of hydrogen-bond acceptors (Lipinski definition) is 4. The first-order valence-corrected chi connectivity index (χ1v) is 8.85. The van der Waals surface area contributed by atoms with Crippen LogP contribution in [0, 0.1) is 13.8 Å². The molecule has 0 spiro atoms. The number of halogens is 1. The van der Waals surface area contributed by atoms with E-state index in [1.165, 1.54) is 5.56 Å². The Morgan fingerprint density at radius 3 is 2.69 bits per heavy atom. The normalized spacial score (nSPS) is 14.3. The Hall–Kier alpha value is -2.66. The standard InChI is InChI=1S/C20H18ClN3O2/c1-12-6-7-15(8-13(12)2)20(25)24-10-16(11-24)19-22-18(23-26-19)14-4-3-5-17(21)9-14/h3-9,16H,10-11H2,1-2H3. The van der Waals surface area contributed by atoms with Gasteiger partial charge in [0.2, 0.25) is 11.7 Å². The summed E-state index contributed by atoms with van der Waals surface area (Å²) in [6.45, 7) is 5.23. The smallest absolute Gasteiger partial charge is 0.253 e. The van der Waals surface area contributed by atoms with Gasteiger partial charge in [0.15, 0.2) is 0 Å². The first kappa shape index (κ1) is 16.8. The summed E-state index contributed by atoms with van der Waals surface area (Å²) in [6.07, 6.45) is 0. The number of likely N-dealkylation sites (tertiary alicyclic amines) is 1. The molecule has 1 aromatic heterocycles. The fourth-order valence-corrected chi connectivity index (χ4v) is 3.19. The lowest BCUT2D eigenvalue weighted by Gasteiger charge is -2.37. The highest BCUT2D eigenvalue weighted by atomic mass is 35.5. The maximum Gasteiger partial charge on any atom is 0.253 e. The SMILES string of the molecule is Cc1ccc(C(=O)N2CC(c3nc(-c4cccc(Cl)c4)no3)C2)cc1C. The van der Waals surface area contributed by atoms with E-state index < -0.39 is 0 Å². The van der Waals surface area contributed by atoms with E-state index in [1.807, 2.05) is 44.2 Å². The van der Waals surface area contributed by atoms with E-state index >= 15 is 0 Å². The molecule has 1 aliphatic heterocycles. The van der Waals surface area contributed by atoms with E-state index in [4.69, 9.17) is 16.1 Å². The summed E-state index contributed by atoms with van der Waals surface area (Å²) in [7, 11) is 0. The Kier molecular flexibility index (Phi) is 4.24. The molecule has 0 unspecified atom stereocenters. The number of amides is 1. The highest BCUT2D eigenvalue weighted by Gasteiger charge is 2.36. The highest BCUT2D eigenvalue weighted by molar-refractivity contribution is 6.30. The summed E-state index contributed by atoms with van der Waals surface area (Å²) in [4.78, 5) is 18.8. The number of benzene rings is 2. The highest BCUT2D eigenvalue weighted by Crippen LogP contribution is 2.29. The zero-order valence-corrected chi connectivity index (χ0v) is 15.3. The van der Waals surface area contributed by atoms with Crippen LogP contribution in [-0.4, -0.2) is 34.0 Å². The number of rotatable bonds is 3. The van der Waals surface area contributed by atoms with Crippen LogP contribution in [0.2, 0.25) is 5.02 Å². The largest absolute Gasteiger partial charge is 0.339 e. The second-order valence-corrected chi connectivity index (χ2v) is 7.11. The van der Waals surface area contributed by atoms with Gasteiger partial charge in [-0.3, -0.25) is 4.79 Å². The Balaban J connectivity index is 1.43. The van der Waals surface area contributed by atoms with Crippen LogP contribution < -0.4 is 0 Å². The first-order chi connectivity index (χ1) is 12.5. The molecule has 2 aromatic carbocycles. The van der Waals surface area contributed by atoms with Gasteiger partial charge in [-0.1, -0.05) is 35.0 Å². The van der Waals surface area contributed by atoms with Crippen molar-refractivity contribution < 1.29 is 9.32 Å². The Labute approximate surface area is 156 Å². The van der Waals surface area contributed by atoms with Crippen molar-refractivity contribution in [3.8, 4) is 11.4 Å². The second-order valence-electron chi connectivity index (χ2n) is 6.67. The van der Waals surface area contributed by atoms with E-state index in [-0.39, 0.29) is 11.8 Å². The third kappa shape index (κ3) is 3.10. The molecule has 0 bridgehead atoms. The van der Waals surface area contributed by atoms with Crippen LogP contribution in [0.15, 0.2) is 47.0 Å². The lowest BCUT2D eigenvalue weighted by Crippen LogP contribution is -2.48. The average molecular weight is 368 g/mol. The summed E-state index contributed by atoms with van der Waals surface area (Å²) in [5.41, 5.74) is 3.84. The number of aromatic nitrogens is 2. The van der Waals surface area contributed by atoms with E-state index in [9.17, 15) is 4.79 Å². The summed E-state index contributed by atoms with van der Waals surface area (Å²) in [5.74, 6) is 1.19. The molecular formula is C20H18ClN3O2. The van der Waals surface area contributed by atoms with E-state index in [0.717, 1.165) is 16.7 Å². The van der Waals surface area contributed by atoms with Gasteiger partial charge in [0, 0.05) is 29.2 Å². The van der Waals surface area contributed by atoms with Crippen LogP contribution in [0.1, 0.15) is 33.3 Å². The molecule has 3 aromatic rings. The minimum Gasteiger partial charge on any atom is -0.339 e. The van der Waals surface area contributed by atoms with Crippen LogP contribution >= 0.6 is 11.6 Å². The van der Waals surface area contributed by atoms with Gasteiger partial charge in [-0.25, -0.2) is 0 Å². The molecule has 1 saturated heterocycles. The molecule has 6 heteroatoms. The average Bonchev–Trinajstić information content (AvgIpc) is 3.05. The molecule has 0 atom stereocenters. The van der Waals surface area contributed by atoms with Gasteiger partial charge in [0.1, 0.15) is 0 Å². The molecule has 1 amide bonds. The van der Waals surface area contributed by atoms with Crippen LogP contribution in [0.3, 0.4) is 0 Å². The van der Waals surface area contributed by atoms with Crippen molar-refractivity contribution in [2.45, 2.75) is 19.8 Å². The molecule has 0 saturated carbocycles. The zero-order valence-electron chi connectivity index (χ0n) is 14.6. The maximum absolute atomic E-state index is 12.6. The molecule has 132 valence electrons. The number of aryl methyl sites for hydroxylation is 2. The molecule has 1 fully saturated rings. The first-order valence-electron chi connectivity index (χ1n) is 8.47. The number of hydrogen-bond donors (Lipinski definition) is 0. The Bertz CT molecular complexity index is 977. The van der Waals surface area contributed by atoms with Crippen LogP contribution in [0.25, 0.3) is 11.4 Å². The predicted octanol–water partition coefficient (Wildman–Crippen LogP) is 4.25. The van der Waals surface area contributed by atoms with Crippen molar-refractivity contribution in [2.24, 2.45) is 0 Å². The van der Waals surface area contributed by atoms with Crippen molar-refractivity contribution in [3.05, 3.63) is 70.1 Å². The summed E-state index contributed by atoms with van der Waals surface area (Å²) < 4.78 is 5.39. The minimum atomic E-state index is 0.0407. The van der Waals surface area contributed by atoms with Crippen molar-refractivity contribution in [3.63, 3.8) is 0 Å². The molecule has 5 nitrogen and oxygen atoms in total. The third-order valence-corrected chi connectivity index (χ3v) is 5.03. The van der Waals surface area contributed by atoms with Gasteiger partial charge < -0.3 is 9.42 Å². The Morgan fingerprint density at radius 2 is 1.96 bits per heavy atom. The zero-order chi connectivity index (χ0) is 18.3. The minimum absolute atomic E-state index is 0.0407. The molecule has 1 aliphatic rings. The van der Waals surface area contributed by atoms with Gasteiger partial charge in [0.05, 0.1) is 5.92 Å². The van der Waals surface area contributed by atoms with Gasteiger partial charge in [-0.2, -0.15) is 4.98 Å². The third-order valence-electron chi connectivity index (χ3n) is 4.80. The van der Waals surface area contributed by atoms with Gasteiger partial charge >= 0.3 is 0 Å². The number of carbonyl (C=O) groups is 1. The summed E-state index contributed by atoms with van der Waals surface area (Å²) in [5, 5.41) is 4.66. The van der Waals surface area contributed by atoms with E-state index in [1.54, 1.807) is 17.0 Å². The molecular weight excluding hydrogens is 350 g/mol. The van der Waals surface area contributed by atoms with Crippen LogP contribution in [-0.2, 0) is 0 Å². The van der Waals surface area contributed by atoms with Crippen LogP contribution in [0.4, 0.5) is 0 Å². The van der Waals surface area contributed by atoms with Gasteiger partial charge in [0.25, 0.3) is 5.91 Å². The van der Waals surface area contributed by atoms with Crippen LogP contribution in [0.5, 0.6) is 0 Å². The molecule has 0 radical (unpaired) electrons. The van der Waals surface area contributed by atoms with Crippen molar-refractivity contribution in [2.75, 3.05) is 13.1 Å². The quantitative estimate of drug-likeness (QED) is 0.694. The number of carbonyl (C=O) groups excluding carboxylic acids is 1. The summed E-state index contributed by atoms with van der Waals surface area (Å²) >= 11 is 6.01. The fourth-order valence-electron chi connectivity index (χ4n) is 3.00. The molecule has 4 rings (SSSR count). The van der Waals surface area contributed by atoms with E-state index in [2.05, 4.69) is 10.1 Å². The second kappa shape index (κ2) is 6.57. The molecule has 0 aliphatic carbocycles. The van der Waals surface area contributed by atoms with Crippen molar-refractivity contribution in [1.29, 1.82) is 0 Å².